The first-order chi connectivity index (χ1) is 13.4. The number of halogens is 4. The molecule has 4 aromatic carbocycles. The maximum Gasteiger partial charge on any atom is 0.419 e. The van der Waals surface area contributed by atoms with Crippen molar-refractivity contribution < 1.29 is 17.6 Å². The zero-order valence-electron chi connectivity index (χ0n) is 15.3. The van der Waals surface area contributed by atoms with Crippen molar-refractivity contribution >= 4 is 21.5 Å². The quantitative estimate of drug-likeness (QED) is 0.251. The highest BCUT2D eigenvalue weighted by molar-refractivity contribution is 6.08. The number of aryl methyl sites for hydroxylation is 1. The molecule has 0 aliphatic carbocycles. The highest BCUT2D eigenvalue weighted by Crippen LogP contribution is 2.35. The monoisotopic (exact) mass is 382 g/mol. The Morgan fingerprint density at radius 3 is 1.96 bits per heavy atom. The first-order valence-corrected chi connectivity index (χ1v) is 9.19. The third kappa shape index (κ3) is 3.35. The van der Waals surface area contributed by atoms with Gasteiger partial charge in [-0.2, -0.15) is 13.2 Å². The molecule has 0 fully saturated rings. The minimum Gasteiger partial charge on any atom is -0.206 e. The largest absolute Gasteiger partial charge is 0.419 e. The summed E-state index contributed by atoms with van der Waals surface area (Å²) in [6.45, 7) is 2.15. The van der Waals surface area contributed by atoms with Gasteiger partial charge in [0.05, 0.1) is 5.56 Å². The van der Waals surface area contributed by atoms with Gasteiger partial charge in [-0.3, -0.25) is 0 Å². The molecule has 142 valence electrons. The minimum atomic E-state index is -4.69. The zero-order chi connectivity index (χ0) is 19.9. The van der Waals surface area contributed by atoms with Gasteiger partial charge in [0.1, 0.15) is 5.82 Å². The van der Waals surface area contributed by atoms with Crippen molar-refractivity contribution in [3.05, 3.63) is 83.7 Å². The lowest BCUT2D eigenvalue weighted by Crippen LogP contribution is -2.07. The van der Waals surface area contributed by atoms with Crippen LogP contribution in [0.4, 0.5) is 17.6 Å². The van der Waals surface area contributed by atoms with E-state index in [4.69, 9.17) is 0 Å². The van der Waals surface area contributed by atoms with Gasteiger partial charge < -0.3 is 0 Å². The predicted molar refractivity (Wildman–Crippen MR) is 106 cm³/mol. The maximum absolute atomic E-state index is 13.9. The van der Waals surface area contributed by atoms with Gasteiger partial charge >= 0.3 is 6.18 Å². The Bertz CT molecular complexity index is 1170. The highest BCUT2D eigenvalue weighted by atomic mass is 19.4. The fourth-order valence-corrected chi connectivity index (χ4v) is 3.67. The van der Waals surface area contributed by atoms with Gasteiger partial charge in [0.25, 0.3) is 0 Å². The van der Waals surface area contributed by atoms with E-state index in [0.717, 1.165) is 46.5 Å². The Morgan fingerprint density at radius 2 is 1.32 bits per heavy atom. The van der Waals surface area contributed by atoms with Crippen LogP contribution in [-0.4, -0.2) is 0 Å². The molecule has 0 bridgehead atoms. The average molecular weight is 382 g/mol. The zero-order valence-corrected chi connectivity index (χ0v) is 15.3. The summed E-state index contributed by atoms with van der Waals surface area (Å²) >= 11 is 0. The van der Waals surface area contributed by atoms with E-state index in [0.29, 0.717) is 11.1 Å². The number of hydrogen-bond donors (Lipinski definition) is 0. The van der Waals surface area contributed by atoms with E-state index in [9.17, 15) is 17.6 Å². The molecule has 0 spiro atoms. The number of alkyl halides is 3. The summed E-state index contributed by atoms with van der Waals surface area (Å²) in [5, 5.41) is 4.32. The molecule has 0 atom stereocenters. The third-order valence-corrected chi connectivity index (χ3v) is 5.05. The van der Waals surface area contributed by atoms with E-state index >= 15 is 0 Å². The molecule has 0 saturated carbocycles. The lowest BCUT2D eigenvalue weighted by atomic mass is 9.95. The number of fused-ring (bicyclic) bond motifs is 3. The molecular formula is C24H18F4. The molecule has 0 nitrogen and oxygen atoms in total. The van der Waals surface area contributed by atoms with Crippen LogP contribution in [0.3, 0.4) is 0 Å². The molecular weight excluding hydrogens is 364 g/mol. The van der Waals surface area contributed by atoms with Crippen LogP contribution in [0.2, 0.25) is 0 Å². The summed E-state index contributed by atoms with van der Waals surface area (Å²) < 4.78 is 52.3. The van der Waals surface area contributed by atoms with Crippen LogP contribution in [-0.2, 0) is 12.6 Å². The van der Waals surface area contributed by atoms with Gasteiger partial charge in [-0.15, -0.1) is 0 Å². The van der Waals surface area contributed by atoms with E-state index in [-0.39, 0.29) is 0 Å². The molecule has 0 aliphatic rings. The normalized spacial score (nSPS) is 12.0. The summed E-state index contributed by atoms with van der Waals surface area (Å²) in [5.74, 6) is -1.26. The molecule has 0 heterocycles. The van der Waals surface area contributed by atoms with Gasteiger partial charge in [0.15, 0.2) is 0 Å². The van der Waals surface area contributed by atoms with Crippen LogP contribution in [0.15, 0.2) is 66.7 Å². The summed E-state index contributed by atoms with van der Waals surface area (Å²) in [5.41, 5.74) is 1.16. The molecule has 0 radical (unpaired) electrons. The maximum atomic E-state index is 13.9. The highest BCUT2D eigenvalue weighted by Gasteiger charge is 2.33. The summed E-state index contributed by atoms with van der Waals surface area (Å²) in [6, 6.07) is 19.2. The van der Waals surface area contributed by atoms with Crippen LogP contribution in [0, 0.1) is 5.82 Å². The smallest absolute Gasteiger partial charge is 0.206 e. The van der Waals surface area contributed by atoms with Crippen molar-refractivity contribution in [3.63, 3.8) is 0 Å². The number of rotatable bonds is 3. The molecule has 0 aromatic heterocycles. The van der Waals surface area contributed by atoms with Crippen LogP contribution in [0.1, 0.15) is 24.5 Å². The van der Waals surface area contributed by atoms with Crippen molar-refractivity contribution in [1.29, 1.82) is 0 Å². The molecule has 0 saturated heterocycles. The summed E-state index contributed by atoms with van der Waals surface area (Å²) in [4.78, 5) is 0. The van der Waals surface area contributed by atoms with Crippen molar-refractivity contribution in [2.45, 2.75) is 25.9 Å². The first-order valence-electron chi connectivity index (χ1n) is 9.19. The van der Waals surface area contributed by atoms with Gasteiger partial charge in [0, 0.05) is 0 Å². The molecule has 4 heteroatoms. The van der Waals surface area contributed by atoms with Gasteiger partial charge in [0.2, 0.25) is 0 Å². The summed E-state index contributed by atoms with van der Waals surface area (Å²) in [7, 11) is 0. The van der Waals surface area contributed by atoms with Crippen molar-refractivity contribution in [3.8, 4) is 11.1 Å². The molecule has 28 heavy (non-hydrogen) atoms. The predicted octanol–water partition coefficient (Wildman–Crippen LogP) is 7.77. The van der Waals surface area contributed by atoms with Crippen LogP contribution in [0.5, 0.6) is 0 Å². The second-order valence-corrected chi connectivity index (χ2v) is 7.00. The second-order valence-electron chi connectivity index (χ2n) is 7.00. The van der Waals surface area contributed by atoms with Crippen molar-refractivity contribution in [2.75, 3.05) is 0 Å². The second kappa shape index (κ2) is 6.93. The fraction of sp³-hybridized carbons (Fsp3) is 0.167. The van der Waals surface area contributed by atoms with Gasteiger partial charge in [-0.25, -0.2) is 4.39 Å². The van der Waals surface area contributed by atoms with E-state index in [1.54, 1.807) is 0 Å². The number of benzene rings is 4. The van der Waals surface area contributed by atoms with Gasteiger partial charge in [-0.1, -0.05) is 61.9 Å². The standard InChI is InChI=1S/C24H18F4/c1-2-3-15-4-9-20-18(12-15)5-6-19-13-16(7-10-21(19)20)17-8-11-22(23(25)14-17)24(26,27)28/h4-14H,2-3H2,1H3. The lowest BCUT2D eigenvalue weighted by molar-refractivity contribution is -0.139. The topological polar surface area (TPSA) is 0 Å². The summed E-state index contributed by atoms with van der Waals surface area (Å²) in [6.07, 6.45) is -2.57. The molecule has 4 aromatic rings. The fourth-order valence-electron chi connectivity index (χ4n) is 3.67. The Balaban J connectivity index is 1.79. The van der Waals surface area contributed by atoms with E-state index in [1.165, 1.54) is 11.6 Å². The van der Waals surface area contributed by atoms with Crippen LogP contribution >= 0.6 is 0 Å². The Labute approximate surface area is 160 Å². The van der Waals surface area contributed by atoms with Crippen LogP contribution in [0.25, 0.3) is 32.7 Å². The Kier molecular flexibility index (Phi) is 4.58. The Hall–Kier alpha value is -2.88. The molecule has 0 aliphatic heterocycles. The van der Waals surface area contributed by atoms with E-state index in [1.807, 2.05) is 30.3 Å². The SMILES string of the molecule is CCCc1ccc2c(ccc3cc(-c4ccc(C(F)(F)F)c(F)c4)ccc32)c1. The molecule has 0 N–H and O–H groups in total. The number of hydrogen-bond acceptors (Lipinski definition) is 0. The minimum absolute atomic E-state index is 0.422. The first kappa shape index (κ1) is 18.5. The van der Waals surface area contributed by atoms with Gasteiger partial charge in [-0.05, 0) is 62.9 Å². The van der Waals surface area contributed by atoms with E-state index in [2.05, 4.69) is 25.1 Å². The third-order valence-electron chi connectivity index (χ3n) is 5.05. The average Bonchev–Trinajstić information content (AvgIpc) is 2.66. The molecule has 0 unspecified atom stereocenters. The lowest BCUT2D eigenvalue weighted by Gasteiger charge is -2.11. The molecule has 4 rings (SSSR count). The molecule has 0 amide bonds. The Morgan fingerprint density at radius 1 is 0.714 bits per heavy atom. The van der Waals surface area contributed by atoms with E-state index < -0.39 is 17.6 Å². The van der Waals surface area contributed by atoms with Crippen molar-refractivity contribution in [1.82, 2.24) is 0 Å². The van der Waals surface area contributed by atoms with Crippen LogP contribution < -0.4 is 0 Å². The van der Waals surface area contributed by atoms with Crippen molar-refractivity contribution in [2.24, 2.45) is 0 Å².